The van der Waals surface area contributed by atoms with Gasteiger partial charge < -0.3 is 29.3 Å². The smallest absolute Gasteiger partial charge is 0.0675 e. The van der Waals surface area contributed by atoms with Gasteiger partial charge in [-0.2, -0.15) is 0 Å². The van der Waals surface area contributed by atoms with E-state index in [1.54, 1.807) is 0 Å². The van der Waals surface area contributed by atoms with Gasteiger partial charge in [0, 0.05) is 19.5 Å². The Morgan fingerprint density at radius 2 is 0.750 bits per heavy atom. The third kappa shape index (κ3) is 201. The quantitative estimate of drug-likeness (QED) is 0.276. The van der Waals surface area contributed by atoms with E-state index in [0.717, 1.165) is 4.48 Å². The van der Waals surface area contributed by atoms with Crippen LogP contribution in [0, 0.1) is 0 Å². The van der Waals surface area contributed by atoms with E-state index in [1.165, 1.54) is 0 Å². The summed E-state index contributed by atoms with van der Waals surface area (Å²) in [5.41, 5.74) is 0. The number of hydrogen-bond donors (Lipinski definition) is 0. The van der Waals surface area contributed by atoms with Crippen LogP contribution in [-0.2, 0) is 19.5 Å². The van der Waals surface area contributed by atoms with E-state index in [-0.39, 0.29) is 44.3 Å². The predicted octanol–water partition coefficient (Wildman–Crippen LogP) is -5.67. The molecule has 0 saturated heterocycles. The third-order valence-corrected chi connectivity index (χ3v) is 0. The Kier molecular flexibility index (Phi) is 23.4. The van der Waals surface area contributed by atoms with Crippen LogP contribution >= 0.6 is 0 Å². The van der Waals surface area contributed by atoms with Crippen molar-refractivity contribution >= 4 is 0 Å². The van der Waals surface area contributed by atoms with Crippen molar-refractivity contribution in [3.63, 3.8) is 0 Å². The maximum atomic E-state index is 2.12. The second-order valence-corrected chi connectivity index (χ2v) is 2.68. The molecule has 0 aromatic carbocycles. The Morgan fingerprint density at radius 3 is 0.750 bits per heavy atom. The molecular weight excluding hydrogens is 198 g/mol. The first-order valence-corrected chi connectivity index (χ1v) is 1.79. The van der Waals surface area contributed by atoms with Gasteiger partial charge in [0.2, 0.25) is 0 Å². The van der Waals surface area contributed by atoms with Gasteiger partial charge in [-0.15, -0.1) is 0 Å². The zero-order valence-electron chi connectivity index (χ0n) is 5.91. The summed E-state index contributed by atoms with van der Waals surface area (Å²) < 4.78 is 1.00. The van der Waals surface area contributed by atoms with Crippen LogP contribution in [0.1, 0.15) is 0 Å². The van der Waals surface area contributed by atoms with Crippen LogP contribution < -0.4 is 24.8 Å². The van der Waals surface area contributed by atoms with Crippen LogP contribution in [0.15, 0.2) is 0 Å². The van der Waals surface area contributed by atoms with Crippen LogP contribution in [0.3, 0.4) is 0 Å². The van der Waals surface area contributed by atoms with Gasteiger partial charge in [-0.3, -0.25) is 0 Å². The van der Waals surface area contributed by atoms with Crippen molar-refractivity contribution in [1.29, 1.82) is 0 Å². The fourth-order valence-corrected chi connectivity index (χ4v) is 0. The Balaban J connectivity index is -0.0000000267. The van der Waals surface area contributed by atoms with Crippen LogP contribution in [0.5, 0.6) is 0 Å². The van der Waals surface area contributed by atoms with Gasteiger partial charge in [0.15, 0.2) is 0 Å². The second kappa shape index (κ2) is 8.16. The molecule has 0 aliphatic carbocycles. The van der Waals surface area contributed by atoms with Crippen LogP contribution in [-0.4, -0.2) is 32.7 Å². The summed E-state index contributed by atoms with van der Waals surface area (Å²) in [6.45, 7) is 0. The number of quaternary nitrogens is 1. The van der Waals surface area contributed by atoms with Gasteiger partial charge in [-0.25, -0.2) is 0 Å². The van der Waals surface area contributed by atoms with Gasteiger partial charge >= 0.3 is 0 Å². The van der Waals surface area contributed by atoms with Crippen molar-refractivity contribution in [2.24, 2.45) is 0 Å². The molecule has 4 heteroatoms. The van der Waals surface area contributed by atoms with Gasteiger partial charge in [0.25, 0.3) is 0 Å². The maximum absolute atomic E-state index is 2.12. The van der Waals surface area contributed by atoms with E-state index in [9.17, 15) is 0 Å². The Hall–Kier alpha value is 1.16. The van der Waals surface area contributed by atoms with Gasteiger partial charge in [-0.05, 0) is 0 Å². The van der Waals surface area contributed by atoms with Crippen LogP contribution in [0.4, 0.5) is 0 Å². The van der Waals surface area contributed by atoms with E-state index in [1.807, 2.05) is 0 Å². The third-order valence-electron chi connectivity index (χ3n) is 0. The summed E-state index contributed by atoms with van der Waals surface area (Å²) in [6, 6.07) is 0. The zero-order valence-corrected chi connectivity index (χ0v) is 10.4. The monoisotopic (exact) mass is 208 g/mol. The summed E-state index contributed by atoms with van der Waals surface area (Å²) in [5, 5.41) is 0. The van der Waals surface area contributed by atoms with Gasteiger partial charge in [0.1, 0.15) is 0 Å². The average Bonchev–Trinajstić information content (AvgIpc) is 0.722. The van der Waals surface area contributed by atoms with Crippen molar-refractivity contribution in [2.45, 2.75) is 0 Å². The topological polar surface area (TPSA) is 0 Å². The van der Waals surface area contributed by atoms with Gasteiger partial charge in [-0.1, -0.05) is 0 Å². The molecule has 50 valence electrons. The molecule has 8 heavy (non-hydrogen) atoms. The molecule has 0 N–H and O–H groups in total. The molecule has 0 rings (SSSR count). The van der Waals surface area contributed by atoms with Crippen molar-refractivity contribution in [2.75, 3.05) is 28.2 Å². The molecule has 0 spiro atoms. The van der Waals surface area contributed by atoms with Gasteiger partial charge in [0.05, 0.1) is 28.2 Å². The van der Waals surface area contributed by atoms with Crippen LogP contribution in [0.25, 0.3) is 0 Å². The molecule has 0 aromatic heterocycles. The average molecular weight is 210 g/mol. The molecule has 0 aliphatic heterocycles. The molecule has 0 heterocycles. The van der Waals surface area contributed by atoms with E-state index in [0.29, 0.717) is 0 Å². The number of halogens is 2. The first-order chi connectivity index (χ1) is 2.00. The molecular formula is C4H12Cl2NZn-. The number of nitrogens with zero attached hydrogens (tertiary/aromatic N) is 1. The number of rotatable bonds is 0. The molecule has 0 atom stereocenters. The first kappa shape index (κ1) is 22.9. The molecule has 0 fully saturated rings. The summed E-state index contributed by atoms with van der Waals surface area (Å²) in [5.74, 6) is 0. The van der Waals surface area contributed by atoms with Crippen LogP contribution in [0.2, 0.25) is 0 Å². The minimum absolute atomic E-state index is 0. The fourth-order valence-electron chi connectivity index (χ4n) is 0. The molecule has 1 nitrogen and oxygen atoms in total. The Labute approximate surface area is 77.0 Å². The molecule has 0 amide bonds. The standard InChI is InChI=1S/C4H12N.2ClH.Zn/c1-5(2,3)4;;;/h1-4H3;2*1H;/q+1;;;/p-2. The molecule has 0 radical (unpaired) electrons. The SMILES string of the molecule is C[N+](C)(C)C.[Cl-].[Cl-].[Zn]. The molecule has 0 aliphatic rings. The predicted molar refractivity (Wildman–Crippen MR) is 24.0 cm³/mol. The Morgan fingerprint density at radius 1 is 0.750 bits per heavy atom. The normalized spacial score (nSPS) is 7.50. The largest absolute Gasteiger partial charge is 1.00 e. The van der Waals surface area contributed by atoms with Crippen molar-refractivity contribution in [3.8, 4) is 0 Å². The minimum Gasteiger partial charge on any atom is -1.00 e. The van der Waals surface area contributed by atoms with E-state index in [2.05, 4.69) is 28.2 Å². The number of hydrogen-bond acceptors (Lipinski definition) is 0. The van der Waals surface area contributed by atoms with E-state index >= 15 is 0 Å². The van der Waals surface area contributed by atoms with E-state index in [4.69, 9.17) is 0 Å². The zero-order chi connectivity index (χ0) is 4.50. The molecule has 0 aromatic rings. The first-order valence-electron chi connectivity index (χ1n) is 1.79. The fraction of sp³-hybridized carbons (Fsp3) is 1.00. The minimum atomic E-state index is 0. The van der Waals surface area contributed by atoms with E-state index < -0.39 is 0 Å². The van der Waals surface area contributed by atoms with Crippen molar-refractivity contribution < 1.29 is 48.8 Å². The summed E-state index contributed by atoms with van der Waals surface area (Å²) >= 11 is 0. The molecule has 0 unspecified atom stereocenters. The summed E-state index contributed by atoms with van der Waals surface area (Å²) in [6.07, 6.45) is 0. The summed E-state index contributed by atoms with van der Waals surface area (Å²) in [7, 11) is 8.50. The van der Waals surface area contributed by atoms with Crippen molar-refractivity contribution in [3.05, 3.63) is 0 Å². The Bertz CT molecular complexity index is 29.5. The van der Waals surface area contributed by atoms with Crippen molar-refractivity contribution in [1.82, 2.24) is 0 Å². The summed E-state index contributed by atoms with van der Waals surface area (Å²) in [4.78, 5) is 0. The maximum Gasteiger partial charge on any atom is 0.0675 e. The molecule has 0 bridgehead atoms. The second-order valence-electron chi connectivity index (χ2n) is 2.68. The molecule has 0 saturated carbocycles.